The van der Waals surface area contributed by atoms with E-state index in [1.165, 1.54) is 0 Å². The molecule has 0 saturated heterocycles. The Morgan fingerprint density at radius 3 is 0.845 bits per heavy atom. The van der Waals surface area contributed by atoms with Crippen LogP contribution in [0.25, 0.3) is 0 Å². The molecule has 0 amide bonds. The van der Waals surface area contributed by atoms with Crippen LogP contribution in [0.4, 0.5) is 0 Å². The summed E-state index contributed by atoms with van der Waals surface area (Å²) in [5.74, 6) is -1.12. The van der Waals surface area contributed by atoms with Crippen LogP contribution in [0.15, 0.2) is 182 Å². The number of esters is 3. The highest BCUT2D eigenvalue weighted by Gasteiger charge is 2.19. The van der Waals surface area contributed by atoms with Gasteiger partial charge in [0.25, 0.3) is 0 Å². The molecule has 0 rings (SSSR count). The first-order valence-electron chi connectivity index (χ1n) is 27.3. The highest BCUT2D eigenvalue weighted by atomic mass is 16.6. The zero-order chi connectivity index (χ0) is 51.4. The molecule has 0 bridgehead atoms. The summed E-state index contributed by atoms with van der Waals surface area (Å²) < 4.78 is 16.7. The van der Waals surface area contributed by atoms with Gasteiger partial charge in [0.1, 0.15) is 13.2 Å². The van der Waals surface area contributed by atoms with Gasteiger partial charge >= 0.3 is 17.9 Å². The van der Waals surface area contributed by atoms with Crippen LogP contribution in [-0.4, -0.2) is 37.2 Å². The largest absolute Gasteiger partial charge is 0.462 e. The molecule has 71 heavy (non-hydrogen) atoms. The smallest absolute Gasteiger partial charge is 0.306 e. The number of carbonyl (C=O) groups excluding carboxylic acids is 3. The summed E-state index contributed by atoms with van der Waals surface area (Å²) in [7, 11) is 0. The lowest BCUT2D eigenvalue weighted by Gasteiger charge is -2.18. The van der Waals surface area contributed by atoms with Crippen molar-refractivity contribution in [1.29, 1.82) is 0 Å². The summed E-state index contributed by atoms with van der Waals surface area (Å²) in [6.45, 7) is 6.14. The fourth-order valence-corrected chi connectivity index (χ4v) is 6.42. The van der Waals surface area contributed by atoms with Gasteiger partial charge in [0, 0.05) is 19.3 Å². The lowest BCUT2D eigenvalue weighted by molar-refractivity contribution is -0.166. The molecule has 0 N–H and O–H groups in total. The van der Waals surface area contributed by atoms with Gasteiger partial charge in [0.15, 0.2) is 6.10 Å². The molecule has 0 radical (unpaired) electrons. The number of ether oxygens (including phenoxy) is 3. The van der Waals surface area contributed by atoms with Crippen LogP contribution in [0.5, 0.6) is 0 Å². The van der Waals surface area contributed by atoms with Gasteiger partial charge in [-0.2, -0.15) is 0 Å². The standard InChI is InChI=1S/C65H96O6/c1-4-7-10-13-16-19-22-25-28-30-32-34-37-40-43-46-49-52-55-58-64(67)70-61-62(60-69-63(66)57-54-51-48-45-42-39-36-27-24-21-18-15-12-9-6-3)71-65(68)59-56-53-50-47-44-41-38-35-33-31-29-26-23-20-17-14-11-8-5-2/h7-12,16-21,25-29,32-36,40-45,50,53,62H,4-6,13-15,22-24,30-31,37-39,46-49,51-52,54-61H2,1-3H3/b10-7-,11-8-,12-9-,19-16-,20-17-,21-18-,28-25-,29-26-,34-32-,35-33-,36-27-,43-40-,44-41-,45-42-,53-50-/t62-/m0/s1. The Kier molecular flexibility index (Phi) is 52.7. The molecular weight excluding hydrogens is 877 g/mol. The number of rotatable bonds is 46. The molecular formula is C65H96O6. The van der Waals surface area contributed by atoms with Gasteiger partial charge in [0.2, 0.25) is 0 Å². The van der Waals surface area contributed by atoms with Gasteiger partial charge in [-0.3, -0.25) is 14.4 Å². The minimum Gasteiger partial charge on any atom is -0.462 e. The minimum atomic E-state index is -0.861. The van der Waals surface area contributed by atoms with Crippen molar-refractivity contribution in [2.75, 3.05) is 13.2 Å². The monoisotopic (exact) mass is 973 g/mol. The molecule has 6 heteroatoms. The second-order valence-corrected chi connectivity index (χ2v) is 17.0. The van der Waals surface area contributed by atoms with Gasteiger partial charge in [0.05, 0.1) is 0 Å². The average Bonchev–Trinajstić information content (AvgIpc) is 3.37. The van der Waals surface area contributed by atoms with Crippen LogP contribution in [0.2, 0.25) is 0 Å². The predicted octanol–water partition coefficient (Wildman–Crippen LogP) is 18.5. The zero-order valence-corrected chi connectivity index (χ0v) is 44.6. The van der Waals surface area contributed by atoms with E-state index in [1.807, 2.05) is 12.2 Å². The van der Waals surface area contributed by atoms with E-state index in [2.05, 4.69) is 191 Å². The van der Waals surface area contributed by atoms with Gasteiger partial charge < -0.3 is 14.2 Å². The molecule has 0 spiro atoms. The Balaban J connectivity index is 4.68. The van der Waals surface area contributed by atoms with E-state index < -0.39 is 12.1 Å². The van der Waals surface area contributed by atoms with Gasteiger partial charge in [-0.1, -0.05) is 209 Å². The lowest BCUT2D eigenvalue weighted by Crippen LogP contribution is -2.30. The third kappa shape index (κ3) is 55.3. The molecule has 0 aliphatic carbocycles. The third-order valence-corrected chi connectivity index (χ3v) is 10.4. The maximum absolute atomic E-state index is 12.8. The number of hydrogen-bond donors (Lipinski definition) is 0. The van der Waals surface area contributed by atoms with Crippen molar-refractivity contribution in [1.82, 2.24) is 0 Å². The number of hydrogen-bond acceptors (Lipinski definition) is 6. The van der Waals surface area contributed by atoms with E-state index in [4.69, 9.17) is 14.2 Å². The Hall–Kier alpha value is -5.49. The maximum atomic E-state index is 12.8. The summed E-state index contributed by atoms with van der Waals surface area (Å²) in [6, 6.07) is 0. The van der Waals surface area contributed by atoms with Crippen molar-refractivity contribution in [3.05, 3.63) is 182 Å². The van der Waals surface area contributed by atoms with E-state index in [9.17, 15) is 14.4 Å². The maximum Gasteiger partial charge on any atom is 0.306 e. The Bertz CT molecular complexity index is 1730. The van der Waals surface area contributed by atoms with Crippen LogP contribution in [0.1, 0.15) is 188 Å². The highest BCUT2D eigenvalue weighted by molar-refractivity contribution is 5.71. The van der Waals surface area contributed by atoms with Crippen LogP contribution >= 0.6 is 0 Å². The zero-order valence-electron chi connectivity index (χ0n) is 44.6. The summed E-state index contributed by atoms with van der Waals surface area (Å²) >= 11 is 0. The van der Waals surface area contributed by atoms with Crippen LogP contribution in [-0.2, 0) is 28.6 Å². The van der Waals surface area contributed by atoms with Crippen LogP contribution in [0.3, 0.4) is 0 Å². The molecule has 0 heterocycles. The predicted molar refractivity (Wildman–Crippen MR) is 306 cm³/mol. The lowest BCUT2D eigenvalue weighted by atomic mass is 10.1. The number of allylic oxidation sites excluding steroid dienone is 30. The molecule has 0 aliphatic rings. The molecule has 0 aromatic rings. The average molecular weight is 973 g/mol. The van der Waals surface area contributed by atoms with Crippen molar-refractivity contribution in [2.45, 2.75) is 194 Å². The topological polar surface area (TPSA) is 78.9 Å². The SMILES string of the molecule is CC/C=C\C/C=C\C/C=C\C/C=C\C/C=C\C/C=C\CCC(=O)O[C@@H](COC(=O)CCCC/C=C\C/C=C\C/C=C\C/C=C\CC)COC(=O)CCCCC/C=C\C/C=C\C/C=C\C/C=C\C/C=C\CC. The van der Waals surface area contributed by atoms with Gasteiger partial charge in [-0.15, -0.1) is 0 Å². The van der Waals surface area contributed by atoms with Crippen molar-refractivity contribution < 1.29 is 28.6 Å². The molecule has 0 fully saturated rings. The quantitative estimate of drug-likeness (QED) is 0.0262. The number of unbranched alkanes of at least 4 members (excludes halogenated alkanes) is 5. The van der Waals surface area contributed by atoms with Crippen molar-refractivity contribution >= 4 is 17.9 Å². The van der Waals surface area contributed by atoms with E-state index in [0.29, 0.717) is 12.8 Å². The molecule has 0 aromatic heterocycles. The summed E-state index contributed by atoms with van der Waals surface area (Å²) in [6.07, 6.45) is 86.1. The van der Waals surface area contributed by atoms with E-state index >= 15 is 0 Å². The molecule has 0 unspecified atom stereocenters. The molecule has 0 aliphatic heterocycles. The minimum absolute atomic E-state index is 0.149. The van der Waals surface area contributed by atoms with E-state index in [1.54, 1.807) is 0 Å². The van der Waals surface area contributed by atoms with Crippen molar-refractivity contribution in [2.24, 2.45) is 0 Å². The molecule has 0 saturated carbocycles. The Morgan fingerprint density at radius 2 is 0.535 bits per heavy atom. The first-order valence-corrected chi connectivity index (χ1v) is 27.3. The first kappa shape index (κ1) is 65.5. The fourth-order valence-electron chi connectivity index (χ4n) is 6.42. The molecule has 1 atom stereocenters. The van der Waals surface area contributed by atoms with Crippen molar-refractivity contribution in [3.8, 4) is 0 Å². The van der Waals surface area contributed by atoms with E-state index in [0.717, 1.165) is 135 Å². The van der Waals surface area contributed by atoms with Gasteiger partial charge in [-0.25, -0.2) is 0 Å². The fraction of sp³-hybridized carbons (Fsp3) is 0.492. The summed E-state index contributed by atoms with van der Waals surface area (Å²) in [4.78, 5) is 38.1. The first-order chi connectivity index (χ1) is 35.0. The second kappa shape index (κ2) is 57.1. The summed E-state index contributed by atoms with van der Waals surface area (Å²) in [5.41, 5.74) is 0. The highest BCUT2D eigenvalue weighted by Crippen LogP contribution is 2.10. The van der Waals surface area contributed by atoms with Gasteiger partial charge in [-0.05, 0) is 141 Å². The van der Waals surface area contributed by atoms with Crippen LogP contribution in [0, 0.1) is 0 Å². The normalized spacial score (nSPS) is 13.6. The number of carbonyl (C=O) groups is 3. The molecule has 392 valence electrons. The van der Waals surface area contributed by atoms with E-state index in [-0.39, 0.29) is 44.4 Å². The Labute approximate surface area is 434 Å². The molecule has 6 nitrogen and oxygen atoms in total. The molecule has 0 aromatic carbocycles. The third-order valence-electron chi connectivity index (χ3n) is 10.4. The van der Waals surface area contributed by atoms with Crippen molar-refractivity contribution in [3.63, 3.8) is 0 Å². The summed E-state index contributed by atoms with van der Waals surface area (Å²) in [5, 5.41) is 0. The Morgan fingerprint density at radius 1 is 0.282 bits per heavy atom. The van der Waals surface area contributed by atoms with Crippen LogP contribution < -0.4 is 0 Å². The second-order valence-electron chi connectivity index (χ2n) is 17.0.